The predicted molar refractivity (Wildman–Crippen MR) is 85.5 cm³/mol. The van der Waals surface area contributed by atoms with Crippen molar-refractivity contribution in [3.8, 4) is 10.4 Å². The SMILES string of the molecule is CC(C)CCn1cc(-c2ccc(C(=O)NC3CC3)s2)cn1. The third kappa shape index (κ3) is 3.73. The standard InChI is InChI=1S/C16H21N3OS/c1-11(2)7-8-19-10-12(9-17-19)14-5-6-15(21-14)16(20)18-13-3-4-13/h5-6,9-11,13H,3-4,7-8H2,1-2H3,(H,18,20). The van der Waals surface area contributed by atoms with E-state index in [1.165, 1.54) is 11.3 Å². The van der Waals surface area contributed by atoms with Gasteiger partial charge in [0.2, 0.25) is 0 Å². The number of aryl methyl sites for hydroxylation is 1. The van der Waals surface area contributed by atoms with Gasteiger partial charge >= 0.3 is 0 Å². The Morgan fingerprint density at radius 1 is 1.48 bits per heavy atom. The van der Waals surface area contributed by atoms with Gasteiger partial charge in [0.05, 0.1) is 11.1 Å². The van der Waals surface area contributed by atoms with E-state index in [-0.39, 0.29) is 5.91 Å². The van der Waals surface area contributed by atoms with Crippen molar-refractivity contribution in [3.05, 3.63) is 29.4 Å². The zero-order valence-electron chi connectivity index (χ0n) is 12.5. The summed E-state index contributed by atoms with van der Waals surface area (Å²) in [5.41, 5.74) is 1.09. The highest BCUT2D eigenvalue weighted by Gasteiger charge is 2.24. The number of hydrogen-bond donors (Lipinski definition) is 1. The summed E-state index contributed by atoms with van der Waals surface area (Å²) in [6.07, 6.45) is 7.31. The second-order valence-electron chi connectivity index (χ2n) is 6.09. The number of thiophene rings is 1. The Morgan fingerprint density at radius 3 is 3.00 bits per heavy atom. The molecule has 0 aromatic carbocycles. The first-order valence-corrected chi connectivity index (χ1v) is 8.37. The summed E-state index contributed by atoms with van der Waals surface area (Å²) in [4.78, 5) is 13.9. The van der Waals surface area contributed by atoms with E-state index >= 15 is 0 Å². The second-order valence-corrected chi connectivity index (χ2v) is 7.17. The average molecular weight is 303 g/mol. The van der Waals surface area contributed by atoms with Crippen molar-refractivity contribution in [2.75, 3.05) is 0 Å². The fourth-order valence-corrected chi connectivity index (χ4v) is 2.99. The van der Waals surface area contributed by atoms with Gasteiger partial charge in [-0.1, -0.05) is 13.8 Å². The monoisotopic (exact) mass is 303 g/mol. The van der Waals surface area contributed by atoms with Crippen molar-refractivity contribution >= 4 is 17.2 Å². The van der Waals surface area contributed by atoms with Crippen LogP contribution in [0.1, 0.15) is 42.8 Å². The molecule has 0 radical (unpaired) electrons. The minimum Gasteiger partial charge on any atom is -0.349 e. The number of rotatable bonds is 6. The highest BCUT2D eigenvalue weighted by Crippen LogP contribution is 2.28. The summed E-state index contributed by atoms with van der Waals surface area (Å²) in [6, 6.07) is 4.32. The number of hydrogen-bond acceptors (Lipinski definition) is 3. The lowest BCUT2D eigenvalue weighted by Crippen LogP contribution is -2.24. The second kappa shape index (κ2) is 6.02. The van der Waals surface area contributed by atoms with E-state index in [4.69, 9.17) is 0 Å². The zero-order valence-corrected chi connectivity index (χ0v) is 13.3. The fraction of sp³-hybridized carbons (Fsp3) is 0.500. The van der Waals surface area contributed by atoms with Gasteiger partial charge in [-0.3, -0.25) is 9.48 Å². The molecule has 0 saturated heterocycles. The molecule has 3 rings (SSSR count). The van der Waals surface area contributed by atoms with Crippen molar-refractivity contribution in [2.45, 2.75) is 45.7 Å². The van der Waals surface area contributed by atoms with Gasteiger partial charge < -0.3 is 5.32 Å². The Balaban J connectivity index is 1.66. The molecule has 1 saturated carbocycles. The van der Waals surface area contributed by atoms with E-state index < -0.39 is 0 Å². The van der Waals surface area contributed by atoms with Crippen molar-refractivity contribution < 1.29 is 4.79 Å². The lowest BCUT2D eigenvalue weighted by atomic mass is 10.1. The molecular weight excluding hydrogens is 282 g/mol. The first-order valence-electron chi connectivity index (χ1n) is 7.55. The number of nitrogens with zero attached hydrogens (tertiary/aromatic N) is 2. The van der Waals surface area contributed by atoms with Gasteiger partial charge in [0.15, 0.2) is 0 Å². The smallest absolute Gasteiger partial charge is 0.261 e. The van der Waals surface area contributed by atoms with Crippen LogP contribution in [-0.4, -0.2) is 21.7 Å². The first kappa shape index (κ1) is 14.3. The van der Waals surface area contributed by atoms with E-state index in [0.717, 1.165) is 41.1 Å². The Kier molecular flexibility index (Phi) is 4.10. The number of aromatic nitrogens is 2. The largest absolute Gasteiger partial charge is 0.349 e. The maximum atomic E-state index is 12.0. The molecule has 2 aromatic heterocycles. The number of nitrogens with one attached hydrogen (secondary N) is 1. The topological polar surface area (TPSA) is 46.9 Å². The van der Waals surface area contributed by atoms with Crippen LogP contribution >= 0.6 is 11.3 Å². The summed E-state index contributed by atoms with van der Waals surface area (Å²) in [5, 5.41) is 7.42. The molecule has 2 heterocycles. The van der Waals surface area contributed by atoms with Gasteiger partial charge in [0.1, 0.15) is 0 Å². The van der Waals surface area contributed by atoms with Crippen LogP contribution in [0.25, 0.3) is 10.4 Å². The van der Waals surface area contributed by atoms with Crippen molar-refractivity contribution in [1.29, 1.82) is 0 Å². The van der Waals surface area contributed by atoms with Crippen LogP contribution in [0.5, 0.6) is 0 Å². The van der Waals surface area contributed by atoms with Crippen LogP contribution in [-0.2, 0) is 6.54 Å². The van der Waals surface area contributed by atoms with E-state index in [1.807, 2.05) is 23.0 Å². The van der Waals surface area contributed by atoms with Crippen LogP contribution in [0.15, 0.2) is 24.5 Å². The highest BCUT2D eigenvalue weighted by molar-refractivity contribution is 7.17. The summed E-state index contributed by atoms with van der Waals surface area (Å²) in [6.45, 7) is 5.38. The third-order valence-electron chi connectivity index (χ3n) is 3.60. The Hall–Kier alpha value is -1.62. The minimum absolute atomic E-state index is 0.0564. The van der Waals surface area contributed by atoms with E-state index in [0.29, 0.717) is 12.0 Å². The lowest BCUT2D eigenvalue weighted by molar-refractivity contribution is 0.0955. The molecule has 1 N–H and O–H groups in total. The maximum absolute atomic E-state index is 12.0. The van der Waals surface area contributed by atoms with Gasteiger partial charge in [-0.25, -0.2) is 0 Å². The van der Waals surface area contributed by atoms with Gasteiger partial charge in [-0.2, -0.15) is 5.10 Å². The van der Waals surface area contributed by atoms with Crippen LogP contribution < -0.4 is 5.32 Å². The molecule has 1 aliphatic rings. The molecule has 2 aromatic rings. The molecule has 21 heavy (non-hydrogen) atoms. The molecule has 0 aliphatic heterocycles. The highest BCUT2D eigenvalue weighted by atomic mass is 32.1. The molecule has 1 amide bonds. The van der Waals surface area contributed by atoms with Gasteiger partial charge in [0, 0.05) is 29.2 Å². The molecule has 4 nitrogen and oxygen atoms in total. The van der Waals surface area contributed by atoms with Crippen molar-refractivity contribution in [3.63, 3.8) is 0 Å². The molecule has 0 unspecified atom stereocenters. The number of carbonyl (C=O) groups is 1. The van der Waals surface area contributed by atoms with Gasteiger partial charge in [-0.15, -0.1) is 11.3 Å². The number of amides is 1. The molecule has 0 spiro atoms. The van der Waals surface area contributed by atoms with E-state index in [2.05, 4.69) is 30.5 Å². The lowest BCUT2D eigenvalue weighted by Gasteiger charge is -2.03. The third-order valence-corrected chi connectivity index (χ3v) is 4.73. The summed E-state index contributed by atoms with van der Waals surface area (Å²) in [7, 11) is 0. The van der Waals surface area contributed by atoms with Crippen molar-refractivity contribution in [1.82, 2.24) is 15.1 Å². The molecular formula is C16H21N3OS. The van der Waals surface area contributed by atoms with Crippen LogP contribution in [0.2, 0.25) is 0 Å². The Morgan fingerprint density at radius 2 is 2.29 bits per heavy atom. The minimum atomic E-state index is 0.0564. The predicted octanol–water partition coefficient (Wildman–Crippen LogP) is 3.55. The summed E-state index contributed by atoms with van der Waals surface area (Å²) >= 11 is 1.54. The van der Waals surface area contributed by atoms with Crippen LogP contribution in [0.3, 0.4) is 0 Å². The average Bonchev–Trinajstić information content (AvgIpc) is 2.96. The molecule has 1 fully saturated rings. The molecule has 1 aliphatic carbocycles. The zero-order chi connectivity index (χ0) is 14.8. The van der Waals surface area contributed by atoms with Crippen molar-refractivity contribution in [2.24, 2.45) is 5.92 Å². The maximum Gasteiger partial charge on any atom is 0.261 e. The quantitative estimate of drug-likeness (QED) is 0.887. The molecule has 0 atom stereocenters. The van der Waals surface area contributed by atoms with Gasteiger partial charge in [0.25, 0.3) is 5.91 Å². The van der Waals surface area contributed by atoms with E-state index in [1.54, 1.807) is 0 Å². The van der Waals surface area contributed by atoms with Crippen LogP contribution in [0, 0.1) is 5.92 Å². The normalized spacial score (nSPS) is 14.6. The molecule has 112 valence electrons. The first-order chi connectivity index (χ1) is 10.1. The Labute approximate surface area is 129 Å². The fourth-order valence-electron chi connectivity index (χ4n) is 2.10. The van der Waals surface area contributed by atoms with Gasteiger partial charge in [-0.05, 0) is 37.3 Å². The number of carbonyl (C=O) groups excluding carboxylic acids is 1. The van der Waals surface area contributed by atoms with E-state index in [9.17, 15) is 4.79 Å². The van der Waals surface area contributed by atoms with Crippen LogP contribution in [0.4, 0.5) is 0 Å². The summed E-state index contributed by atoms with van der Waals surface area (Å²) in [5.74, 6) is 0.734. The molecule has 5 heteroatoms. The Bertz CT molecular complexity index is 625. The molecule has 0 bridgehead atoms. The summed E-state index contributed by atoms with van der Waals surface area (Å²) < 4.78 is 1.99.